The second-order valence-corrected chi connectivity index (χ2v) is 6.52. The van der Waals surface area contributed by atoms with E-state index >= 15 is 0 Å². The Balaban J connectivity index is 2.12. The number of rotatable bonds is 4. The monoisotopic (exact) mass is 364 g/mol. The van der Waals surface area contributed by atoms with Gasteiger partial charge >= 0.3 is 5.97 Å². The molecule has 3 rings (SSSR count). The second kappa shape index (κ2) is 5.61. The number of benzene rings is 1. The molecule has 3 aromatic rings. The van der Waals surface area contributed by atoms with Gasteiger partial charge in [0.15, 0.2) is 0 Å². The van der Waals surface area contributed by atoms with E-state index in [-0.39, 0.29) is 5.56 Å². The Morgan fingerprint density at radius 1 is 1.43 bits per heavy atom. The Morgan fingerprint density at radius 3 is 2.86 bits per heavy atom. The van der Waals surface area contributed by atoms with Crippen molar-refractivity contribution in [3.05, 3.63) is 50.4 Å². The van der Waals surface area contributed by atoms with Crippen LogP contribution in [0.3, 0.4) is 0 Å². The van der Waals surface area contributed by atoms with Crippen molar-refractivity contribution in [3.63, 3.8) is 0 Å². The van der Waals surface area contributed by atoms with Gasteiger partial charge in [-0.2, -0.15) is 0 Å². The van der Waals surface area contributed by atoms with Gasteiger partial charge in [0.25, 0.3) is 0 Å². The SMILES string of the molecule is CCc1nc2cc(C(=O)O)ccc2n1Cc1sccc1Br. The van der Waals surface area contributed by atoms with E-state index in [0.717, 1.165) is 34.3 Å². The Kier molecular flexibility index (Phi) is 3.82. The minimum absolute atomic E-state index is 0.270. The molecule has 1 N–H and O–H groups in total. The quantitative estimate of drug-likeness (QED) is 0.755. The fraction of sp³-hybridized carbons (Fsp3) is 0.200. The van der Waals surface area contributed by atoms with Crippen molar-refractivity contribution in [3.8, 4) is 0 Å². The summed E-state index contributed by atoms with van der Waals surface area (Å²) in [5.74, 6) is 0.0401. The molecule has 0 atom stereocenters. The zero-order valence-electron chi connectivity index (χ0n) is 11.3. The first-order valence-electron chi connectivity index (χ1n) is 6.54. The minimum atomic E-state index is -0.925. The van der Waals surface area contributed by atoms with Crippen molar-refractivity contribution < 1.29 is 9.90 Å². The van der Waals surface area contributed by atoms with E-state index in [1.807, 2.05) is 17.5 Å². The van der Waals surface area contributed by atoms with Gasteiger partial charge in [-0.1, -0.05) is 6.92 Å². The maximum absolute atomic E-state index is 11.1. The first-order chi connectivity index (χ1) is 10.1. The minimum Gasteiger partial charge on any atom is -0.478 e. The number of carboxylic acid groups (broad SMARTS) is 1. The van der Waals surface area contributed by atoms with Gasteiger partial charge in [0.05, 0.1) is 23.1 Å². The first kappa shape index (κ1) is 14.3. The zero-order valence-corrected chi connectivity index (χ0v) is 13.7. The van der Waals surface area contributed by atoms with E-state index in [4.69, 9.17) is 5.11 Å². The van der Waals surface area contributed by atoms with Gasteiger partial charge in [0, 0.05) is 15.8 Å². The van der Waals surface area contributed by atoms with Gasteiger partial charge in [-0.05, 0) is 45.6 Å². The summed E-state index contributed by atoms with van der Waals surface area (Å²) in [5, 5.41) is 11.1. The van der Waals surface area contributed by atoms with Gasteiger partial charge < -0.3 is 9.67 Å². The number of thiophene rings is 1. The van der Waals surface area contributed by atoms with E-state index in [1.54, 1.807) is 23.5 Å². The lowest BCUT2D eigenvalue weighted by atomic mass is 10.2. The van der Waals surface area contributed by atoms with Crippen LogP contribution in [0, 0.1) is 0 Å². The highest BCUT2D eigenvalue weighted by molar-refractivity contribution is 9.10. The van der Waals surface area contributed by atoms with Crippen LogP contribution in [0.1, 0.15) is 28.0 Å². The van der Waals surface area contributed by atoms with Crippen molar-refractivity contribution >= 4 is 44.3 Å². The molecule has 2 heterocycles. The molecule has 0 saturated carbocycles. The lowest BCUT2D eigenvalue weighted by molar-refractivity contribution is 0.0697. The largest absolute Gasteiger partial charge is 0.478 e. The van der Waals surface area contributed by atoms with Gasteiger partial charge in [0.1, 0.15) is 5.82 Å². The third kappa shape index (κ3) is 2.61. The third-order valence-electron chi connectivity index (χ3n) is 3.38. The number of carboxylic acids is 1. The zero-order chi connectivity index (χ0) is 15.0. The van der Waals surface area contributed by atoms with Gasteiger partial charge in [0.2, 0.25) is 0 Å². The molecule has 0 radical (unpaired) electrons. The molecule has 4 nitrogen and oxygen atoms in total. The van der Waals surface area contributed by atoms with Crippen molar-refractivity contribution in [2.24, 2.45) is 0 Å². The number of fused-ring (bicyclic) bond motifs is 1. The van der Waals surface area contributed by atoms with Crippen molar-refractivity contribution in [2.45, 2.75) is 19.9 Å². The Hall–Kier alpha value is -1.66. The summed E-state index contributed by atoms with van der Waals surface area (Å²) in [6.45, 7) is 2.80. The summed E-state index contributed by atoms with van der Waals surface area (Å²) in [6.07, 6.45) is 0.806. The molecule has 0 amide bonds. The number of aryl methyl sites for hydroxylation is 1. The highest BCUT2D eigenvalue weighted by Crippen LogP contribution is 2.26. The molecule has 0 fully saturated rings. The van der Waals surface area contributed by atoms with Crippen LogP contribution < -0.4 is 0 Å². The molecule has 0 saturated heterocycles. The van der Waals surface area contributed by atoms with Crippen LogP contribution in [-0.4, -0.2) is 20.6 Å². The molecule has 1 aromatic carbocycles. The third-order valence-corrected chi connectivity index (χ3v) is 5.29. The van der Waals surface area contributed by atoms with E-state index < -0.39 is 5.97 Å². The summed E-state index contributed by atoms with van der Waals surface area (Å²) in [6, 6.07) is 7.14. The smallest absolute Gasteiger partial charge is 0.335 e. The normalized spacial score (nSPS) is 11.1. The number of aromatic nitrogens is 2. The number of hydrogen-bond acceptors (Lipinski definition) is 3. The summed E-state index contributed by atoms with van der Waals surface area (Å²) in [7, 11) is 0. The maximum Gasteiger partial charge on any atom is 0.335 e. The highest BCUT2D eigenvalue weighted by atomic mass is 79.9. The van der Waals surface area contributed by atoms with Gasteiger partial charge in [-0.3, -0.25) is 0 Å². The predicted octanol–water partition coefficient (Wildman–Crippen LogP) is 4.17. The van der Waals surface area contributed by atoms with Crippen LogP contribution in [0.25, 0.3) is 11.0 Å². The Labute approximate surface area is 134 Å². The van der Waals surface area contributed by atoms with Crippen molar-refractivity contribution in [2.75, 3.05) is 0 Å². The van der Waals surface area contributed by atoms with E-state index in [9.17, 15) is 4.79 Å². The molecule has 0 spiro atoms. The molecule has 0 unspecified atom stereocenters. The lowest BCUT2D eigenvalue weighted by Gasteiger charge is -2.07. The first-order valence-corrected chi connectivity index (χ1v) is 8.21. The fourth-order valence-electron chi connectivity index (χ4n) is 2.34. The molecule has 6 heteroatoms. The molecule has 0 aliphatic rings. The Morgan fingerprint density at radius 2 is 2.24 bits per heavy atom. The van der Waals surface area contributed by atoms with Gasteiger partial charge in [-0.25, -0.2) is 9.78 Å². The molecule has 0 aliphatic carbocycles. The molecule has 0 bridgehead atoms. The number of halogens is 1. The molecular weight excluding hydrogens is 352 g/mol. The van der Waals surface area contributed by atoms with Crippen molar-refractivity contribution in [1.29, 1.82) is 0 Å². The number of aromatic carboxylic acids is 1. The summed E-state index contributed by atoms with van der Waals surface area (Å²) < 4.78 is 3.25. The fourth-order valence-corrected chi connectivity index (χ4v) is 3.81. The molecule has 0 aliphatic heterocycles. The molecule has 2 aromatic heterocycles. The standard InChI is InChI=1S/C15H13BrN2O2S/c1-2-14-17-11-7-9(15(19)20)3-4-12(11)18(14)8-13-10(16)5-6-21-13/h3-7H,2,8H2,1H3,(H,19,20). The average Bonchev–Trinajstić information content (AvgIpc) is 3.03. The van der Waals surface area contributed by atoms with E-state index in [1.165, 1.54) is 4.88 Å². The van der Waals surface area contributed by atoms with Crippen LogP contribution in [0.2, 0.25) is 0 Å². The Bertz CT molecular complexity index is 822. The molecular formula is C15H13BrN2O2S. The van der Waals surface area contributed by atoms with E-state index in [0.29, 0.717) is 0 Å². The lowest BCUT2D eigenvalue weighted by Crippen LogP contribution is -2.03. The number of imidazole rings is 1. The topological polar surface area (TPSA) is 55.1 Å². The molecule has 21 heavy (non-hydrogen) atoms. The van der Waals surface area contributed by atoms with Gasteiger partial charge in [-0.15, -0.1) is 11.3 Å². The number of hydrogen-bond donors (Lipinski definition) is 1. The molecule has 108 valence electrons. The van der Waals surface area contributed by atoms with Crippen LogP contribution in [0.5, 0.6) is 0 Å². The summed E-state index contributed by atoms with van der Waals surface area (Å²) in [4.78, 5) is 16.9. The summed E-state index contributed by atoms with van der Waals surface area (Å²) in [5.41, 5.74) is 1.98. The number of nitrogens with zero attached hydrogens (tertiary/aromatic N) is 2. The van der Waals surface area contributed by atoms with Crippen LogP contribution in [-0.2, 0) is 13.0 Å². The van der Waals surface area contributed by atoms with Crippen LogP contribution in [0.15, 0.2) is 34.1 Å². The number of carbonyl (C=O) groups is 1. The van der Waals surface area contributed by atoms with E-state index in [2.05, 4.69) is 32.4 Å². The maximum atomic E-state index is 11.1. The van der Waals surface area contributed by atoms with Crippen LogP contribution >= 0.6 is 27.3 Å². The predicted molar refractivity (Wildman–Crippen MR) is 87.2 cm³/mol. The highest BCUT2D eigenvalue weighted by Gasteiger charge is 2.13. The average molecular weight is 365 g/mol. The second-order valence-electron chi connectivity index (χ2n) is 4.67. The van der Waals surface area contributed by atoms with Crippen LogP contribution in [0.4, 0.5) is 0 Å². The summed E-state index contributed by atoms with van der Waals surface area (Å²) >= 11 is 5.25. The van der Waals surface area contributed by atoms with Crippen molar-refractivity contribution in [1.82, 2.24) is 9.55 Å².